The molecule has 0 aromatic heterocycles. The molecule has 4 N–H and O–H groups in total. The van der Waals surface area contributed by atoms with Gasteiger partial charge in [-0.05, 0) is 131 Å². The van der Waals surface area contributed by atoms with Crippen LogP contribution in [-0.2, 0) is 24.7 Å². The van der Waals surface area contributed by atoms with Crippen LogP contribution in [0.4, 0.5) is 24.5 Å². The van der Waals surface area contributed by atoms with Crippen molar-refractivity contribution in [3.8, 4) is 0 Å². The molecule has 12 nitrogen and oxygen atoms in total. The smallest absolute Gasteiger partial charge is 0.380 e. The summed E-state index contributed by atoms with van der Waals surface area (Å²) in [6.45, 7) is 20.7. The third-order valence-corrected chi connectivity index (χ3v) is 17.2. The van der Waals surface area contributed by atoms with Gasteiger partial charge in [-0.2, -0.15) is 13.2 Å². The lowest BCUT2D eigenvalue weighted by Gasteiger charge is -2.39. The Labute approximate surface area is 419 Å². The first-order valence-electron chi connectivity index (χ1n) is 24.5. The van der Waals surface area contributed by atoms with E-state index in [0.29, 0.717) is 37.6 Å². The summed E-state index contributed by atoms with van der Waals surface area (Å²) >= 11 is 1.44. The Morgan fingerprint density at radius 3 is 2.20 bits per heavy atom. The summed E-state index contributed by atoms with van der Waals surface area (Å²) in [6, 6.07) is 17.8. The number of benzene rings is 3. The standard InChI is InChI=1S/C52H73F3N6O6S3/c1-7-15-39(4)46-35-51(5,6)27-25-41(46)36-59-30-32-61(33-31-59)43-21-19-40(20-22-43)50(63)58-70(66,67)45-23-24-47(48(34-45)69(64,65)52(53,54)55)57-42(37-68-44-16-11-10-12-17-44)26-29-60(38(2)3)28-14-9-8-13-18-49(56)62/h10-12,16-17,19-24,34,38,42,57H,4,7-9,13-15,18,25-33,35-37H2,1-3,5-6H3,(H2,56,62)(H,58,63)/t42-/m1/s1. The molecule has 0 bridgehead atoms. The Morgan fingerprint density at radius 1 is 0.900 bits per heavy atom. The number of alkyl halides is 3. The molecule has 3 aromatic rings. The predicted molar refractivity (Wildman–Crippen MR) is 276 cm³/mol. The van der Waals surface area contributed by atoms with Crippen LogP contribution in [0.2, 0.25) is 0 Å². The molecule has 1 aliphatic carbocycles. The van der Waals surface area contributed by atoms with Crippen molar-refractivity contribution in [2.45, 2.75) is 138 Å². The number of hydrogen-bond acceptors (Lipinski definition) is 11. The fraction of sp³-hybridized carbons (Fsp3) is 0.538. The summed E-state index contributed by atoms with van der Waals surface area (Å²) in [7, 11) is -11.0. The van der Waals surface area contributed by atoms with Gasteiger partial charge in [-0.25, -0.2) is 21.6 Å². The number of hydrogen-bond donors (Lipinski definition) is 3. The largest absolute Gasteiger partial charge is 0.501 e. The van der Waals surface area contributed by atoms with Gasteiger partial charge in [0.25, 0.3) is 25.8 Å². The van der Waals surface area contributed by atoms with Crippen molar-refractivity contribution in [2.75, 3.05) is 61.8 Å². The van der Waals surface area contributed by atoms with E-state index < -0.39 is 52.8 Å². The second kappa shape index (κ2) is 25.3. The average Bonchev–Trinajstić information content (AvgIpc) is 3.30. The first-order valence-corrected chi connectivity index (χ1v) is 28.4. The molecule has 2 aliphatic rings. The van der Waals surface area contributed by atoms with E-state index in [-0.39, 0.29) is 22.9 Å². The quantitative estimate of drug-likeness (QED) is 0.0518. The van der Waals surface area contributed by atoms with Crippen LogP contribution in [0.25, 0.3) is 0 Å². The number of carbonyl (C=O) groups excluding carboxylic acids is 2. The third kappa shape index (κ3) is 16.3. The number of unbranched alkanes of at least 4 members (excludes halogenated alkanes) is 3. The number of sulfonamides is 1. The SMILES string of the molecule is C=C(CCC)C1=C(CN2CCN(c3ccc(C(=O)NS(=O)(=O)c4ccc(N[C@H](CCN(CCCCCCC(N)=O)C(C)C)CSc5ccccc5)c(S(=O)(=O)C(F)(F)F)c4)cc3)CC2)CCC(C)(C)C1. The van der Waals surface area contributed by atoms with E-state index in [4.69, 9.17) is 5.73 Å². The fourth-order valence-corrected chi connectivity index (χ4v) is 12.0. The molecule has 0 radical (unpaired) electrons. The van der Waals surface area contributed by atoms with Gasteiger partial charge in [-0.3, -0.25) is 14.5 Å². The molecule has 1 aliphatic heterocycles. The number of nitrogens with zero attached hydrogens (tertiary/aromatic N) is 3. The highest BCUT2D eigenvalue weighted by Gasteiger charge is 2.48. The van der Waals surface area contributed by atoms with Crippen molar-refractivity contribution in [3.63, 3.8) is 0 Å². The molecule has 18 heteroatoms. The minimum absolute atomic E-state index is 0.00309. The Hall–Kier alpha value is -4.36. The van der Waals surface area contributed by atoms with Gasteiger partial charge >= 0.3 is 5.51 Å². The van der Waals surface area contributed by atoms with E-state index in [9.17, 15) is 39.6 Å². The Balaban J connectivity index is 1.28. The average molecular weight is 1030 g/mol. The van der Waals surface area contributed by atoms with Crippen molar-refractivity contribution in [2.24, 2.45) is 11.1 Å². The summed E-state index contributed by atoms with van der Waals surface area (Å²) in [5, 5.41) is 3.03. The van der Waals surface area contributed by atoms with Gasteiger partial charge in [-0.1, -0.05) is 76.0 Å². The minimum Gasteiger partial charge on any atom is -0.380 e. The number of anilines is 2. The Kier molecular flexibility index (Phi) is 20.5. The molecule has 0 unspecified atom stereocenters. The second-order valence-electron chi connectivity index (χ2n) is 19.6. The molecule has 1 atom stereocenters. The molecule has 5 rings (SSSR count). The van der Waals surface area contributed by atoms with E-state index in [1.54, 1.807) is 12.1 Å². The molecule has 386 valence electrons. The fourth-order valence-electron chi connectivity index (χ4n) is 9.02. The van der Waals surface area contributed by atoms with Gasteiger partial charge in [-0.15, -0.1) is 11.8 Å². The topological polar surface area (TPSA) is 162 Å². The molecular formula is C52H73F3N6O6S3. The number of thioether (sulfide) groups is 1. The number of allylic oxidation sites excluding steroid dienone is 2. The van der Waals surface area contributed by atoms with E-state index in [1.807, 2.05) is 48.9 Å². The third-order valence-electron chi connectivity index (χ3n) is 13.2. The minimum atomic E-state index is -6.09. The van der Waals surface area contributed by atoms with Crippen LogP contribution < -0.4 is 20.7 Å². The summed E-state index contributed by atoms with van der Waals surface area (Å²) in [4.78, 5) is 30.2. The van der Waals surface area contributed by atoms with Crippen LogP contribution in [-0.4, -0.2) is 108 Å². The number of nitrogens with two attached hydrogens (primary N) is 1. The highest BCUT2D eigenvalue weighted by atomic mass is 32.2. The summed E-state index contributed by atoms with van der Waals surface area (Å²) in [5.74, 6) is -1.02. The van der Waals surface area contributed by atoms with Crippen LogP contribution in [0, 0.1) is 5.41 Å². The van der Waals surface area contributed by atoms with Crippen LogP contribution in [0.1, 0.15) is 116 Å². The second-order valence-corrected chi connectivity index (χ2v) is 24.3. The zero-order chi connectivity index (χ0) is 51.3. The zero-order valence-electron chi connectivity index (χ0n) is 41.5. The first-order chi connectivity index (χ1) is 33.0. The van der Waals surface area contributed by atoms with E-state index >= 15 is 0 Å². The number of primary amides is 1. The molecule has 1 fully saturated rings. The zero-order valence-corrected chi connectivity index (χ0v) is 43.9. The molecule has 70 heavy (non-hydrogen) atoms. The van der Waals surface area contributed by atoms with Crippen LogP contribution in [0.5, 0.6) is 0 Å². The maximum atomic E-state index is 14.3. The lowest BCUT2D eigenvalue weighted by atomic mass is 9.72. The number of piperazine rings is 1. The van der Waals surface area contributed by atoms with Crippen molar-refractivity contribution >= 4 is 54.8 Å². The Bertz CT molecular complexity index is 2490. The van der Waals surface area contributed by atoms with Gasteiger partial charge in [0, 0.05) is 79.7 Å². The lowest BCUT2D eigenvalue weighted by molar-refractivity contribution is -0.118. The number of nitrogens with one attached hydrogen (secondary N) is 2. The van der Waals surface area contributed by atoms with E-state index in [2.05, 4.69) is 47.4 Å². The van der Waals surface area contributed by atoms with Crippen molar-refractivity contribution in [1.29, 1.82) is 0 Å². The van der Waals surface area contributed by atoms with Gasteiger partial charge < -0.3 is 20.9 Å². The van der Waals surface area contributed by atoms with E-state index in [1.165, 1.54) is 40.6 Å². The summed E-state index contributed by atoms with van der Waals surface area (Å²) in [5.41, 5.74) is 4.38. The number of halogens is 3. The summed E-state index contributed by atoms with van der Waals surface area (Å²) in [6.07, 6.45) is 9.36. The number of carbonyl (C=O) groups is 2. The Morgan fingerprint density at radius 2 is 1.57 bits per heavy atom. The maximum absolute atomic E-state index is 14.3. The van der Waals surface area contributed by atoms with Crippen LogP contribution >= 0.6 is 11.8 Å². The number of sulfone groups is 1. The molecule has 0 spiro atoms. The van der Waals surface area contributed by atoms with Crippen molar-refractivity contribution in [1.82, 2.24) is 14.5 Å². The number of amides is 2. The normalized spacial score (nSPS) is 16.4. The van der Waals surface area contributed by atoms with Gasteiger partial charge in [0.15, 0.2) is 0 Å². The van der Waals surface area contributed by atoms with Gasteiger partial charge in [0.2, 0.25) is 5.91 Å². The summed E-state index contributed by atoms with van der Waals surface area (Å²) < 4.78 is 98.7. The predicted octanol–water partition coefficient (Wildman–Crippen LogP) is 10.2. The van der Waals surface area contributed by atoms with Gasteiger partial charge in [0.05, 0.1) is 10.6 Å². The molecule has 0 saturated carbocycles. The monoisotopic (exact) mass is 1030 g/mol. The van der Waals surface area contributed by atoms with Crippen molar-refractivity contribution in [3.05, 3.63) is 102 Å². The molecule has 1 heterocycles. The molecule has 1 saturated heterocycles. The highest BCUT2D eigenvalue weighted by molar-refractivity contribution is 7.99. The number of rotatable bonds is 26. The van der Waals surface area contributed by atoms with Crippen LogP contribution in [0.15, 0.2) is 111 Å². The maximum Gasteiger partial charge on any atom is 0.501 e. The molecular weight excluding hydrogens is 958 g/mol. The van der Waals surface area contributed by atoms with E-state index in [0.717, 1.165) is 113 Å². The first kappa shape index (κ1) is 56.6. The molecule has 3 aromatic carbocycles. The lowest BCUT2D eigenvalue weighted by Crippen LogP contribution is -2.47. The molecule has 2 amide bonds. The van der Waals surface area contributed by atoms with Crippen molar-refractivity contribution < 1.29 is 39.6 Å². The van der Waals surface area contributed by atoms with Gasteiger partial charge in [0.1, 0.15) is 4.90 Å². The van der Waals surface area contributed by atoms with Crippen LogP contribution in [0.3, 0.4) is 0 Å². The highest BCUT2D eigenvalue weighted by Crippen LogP contribution is 2.42.